The second kappa shape index (κ2) is 6.50. The smallest absolute Gasteiger partial charge is 0.230 e. The summed E-state index contributed by atoms with van der Waals surface area (Å²) >= 11 is 0. The molecule has 6 nitrogen and oxygen atoms in total. The number of pyridine rings is 1. The minimum Gasteiger partial charge on any atom is -0.384 e. The van der Waals surface area contributed by atoms with Crippen LogP contribution in [0.3, 0.4) is 0 Å². The molecule has 0 bridgehead atoms. The van der Waals surface area contributed by atoms with Gasteiger partial charge in [0.2, 0.25) is 11.9 Å². The molecule has 2 heterocycles. The zero-order valence-corrected chi connectivity index (χ0v) is 14.8. The van der Waals surface area contributed by atoms with Crippen LogP contribution in [0.4, 0.5) is 16.0 Å². The Morgan fingerprint density at radius 2 is 2.00 bits per heavy atom. The lowest BCUT2D eigenvalue weighted by Gasteiger charge is -2.06. The van der Waals surface area contributed by atoms with Crippen molar-refractivity contribution >= 4 is 17.5 Å². The molecule has 3 aromatic rings. The van der Waals surface area contributed by atoms with Crippen molar-refractivity contribution in [3.63, 3.8) is 0 Å². The van der Waals surface area contributed by atoms with Gasteiger partial charge in [-0.2, -0.15) is 4.39 Å². The lowest BCUT2D eigenvalue weighted by molar-refractivity contribution is -0.115. The minimum absolute atomic E-state index is 0.0675. The molecule has 0 spiro atoms. The van der Waals surface area contributed by atoms with Gasteiger partial charge < -0.3 is 15.6 Å². The van der Waals surface area contributed by atoms with Crippen LogP contribution in [0, 0.1) is 5.95 Å². The van der Waals surface area contributed by atoms with E-state index < -0.39 is 5.95 Å². The largest absolute Gasteiger partial charge is 0.384 e. The molecule has 7 heteroatoms. The van der Waals surface area contributed by atoms with Crippen LogP contribution in [-0.2, 0) is 16.6 Å². The summed E-state index contributed by atoms with van der Waals surface area (Å²) in [5.74, 6) is 0.558. The van der Waals surface area contributed by atoms with Gasteiger partial charge in [0.25, 0.3) is 0 Å². The number of nitrogens with one attached hydrogen (secondary N) is 1. The number of nitrogen functional groups attached to an aromatic ring is 1. The number of benzene rings is 1. The van der Waals surface area contributed by atoms with Gasteiger partial charge in [-0.25, -0.2) is 4.98 Å². The Bertz CT molecular complexity index is 993. The molecule has 0 radical (unpaired) electrons. The predicted molar refractivity (Wildman–Crippen MR) is 99.5 cm³/mol. The number of carbonyl (C=O) groups is 1. The number of nitrogens with two attached hydrogens (primary N) is 1. The zero-order chi connectivity index (χ0) is 19.0. The standard InChI is InChI=1S/C20H19FN4O2/c1-20(8-9-20)15-11-17(25-27-15)24-18(26)10-12-2-4-13(5-3-12)14-6-7-16(22)23-19(14)21/h2-7,11H,8-10H2,1H3,(H2,22,23)(H,24,25,26). The number of amides is 1. The fourth-order valence-electron chi connectivity index (χ4n) is 2.89. The van der Waals surface area contributed by atoms with E-state index in [-0.39, 0.29) is 23.6 Å². The van der Waals surface area contributed by atoms with E-state index in [0.717, 1.165) is 24.2 Å². The fourth-order valence-corrected chi connectivity index (χ4v) is 2.89. The first-order valence-electron chi connectivity index (χ1n) is 8.71. The molecule has 1 amide bonds. The molecule has 138 valence electrons. The molecule has 3 N–H and O–H groups in total. The van der Waals surface area contributed by atoms with Crippen LogP contribution >= 0.6 is 0 Å². The average Bonchev–Trinajstić information content (AvgIpc) is 3.20. The summed E-state index contributed by atoms with van der Waals surface area (Å²) in [7, 11) is 0. The maximum Gasteiger partial charge on any atom is 0.230 e. The molecule has 1 fully saturated rings. The SMILES string of the molecule is CC1(c2cc(NC(=O)Cc3ccc(-c4ccc(N)nc4F)cc3)no2)CC1. The fraction of sp³-hybridized carbons (Fsp3) is 0.250. The van der Waals surface area contributed by atoms with Crippen LogP contribution in [0.15, 0.2) is 47.0 Å². The van der Waals surface area contributed by atoms with Crippen molar-refractivity contribution in [3.8, 4) is 11.1 Å². The Balaban J connectivity index is 1.40. The van der Waals surface area contributed by atoms with Gasteiger partial charge >= 0.3 is 0 Å². The Morgan fingerprint density at radius 1 is 1.26 bits per heavy atom. The summed E-state index contributed by atoms with van der Waals surface area (Å²) in [5.41, 5.74) is 7.37. The van der Waals surface area contributed by atoms with Gasteiger partial charge in [0.1, 0.15) is 11.6 Å². The Hall–Kier alpha value is -3.22. The predicted octanol–water partition coefficient (Wildman–Crippen LogP) is 3.69. The zero-order valence-electron chi connectivity index (χ0n) is 14.8. The molecular formula is C20H19FN4O2. The summed E-state index contributed by atoms with van der Waals surface area (Å²) in [6.07, 6.45) is 2.33. The van der Waals surface area contributed by atoms with Gasteiger partial charge in [-0.05, 0) is 36.1 Å². The number of anilines is 2. The molecule has 1 aliphatic rings. The second-order valence-electron chi connectivity index (χ2n) is 7.13. The van der Waals surface area contributed by atoms with Gasteiger partial charge in [0.15, 0.2) is 5.82 Å². The van der Waals surface area contributed by atoms with E-state index in [1.165, 1.54) is 0 Å². The lowest BCUT2D eigenvalue weighted by Crippen LogP contribution is -2.14. The molecule has 2 aromatic heterocycles. The van der Waals surface area contributed by atoms with Crippen LogP contribution in [0.25, 0.3) is 11.1 Å². The van der Waals surface area contributed by atoms with E-state index in [1.54, 1.807) is 42.5 Å². The maximum atomic E-state index is 13.9. The number of hydrogen-bond donors (Lipinski definition) is 2. The molecule has 0 atom stereocenters. The number of hydrogen-bond acceptors (Lipinski definition) is 5. The molecule has 4 rings (SSSR count). The number of rotatable bonds is 5. The van der Waals surface area contributed by atoms with Crippen molar-refractivity contribution in [3.05, 3.63) is 59.7 Å². The van der Waals surface area contributed by atoms with Gasteiger partial charge in [0.05, 0.1) is 6.42 Å². The molecular weight excluding hydrogens is 347 g/mol. The minimum atomic E-state index is -0.619. The molecule has 0 unspecified atom stereocenters. The molecule has 1 saturated carbocycles. The first-order chi connectivity index (χ1) is 12.9. The average molecular weight is 366 g/mol. The van der Waals surface area contributed by atoms with Crippen LogP contribution in [0.5, 0.6) is 0 Å². The van der Waals surface area contributed by atoms with E-state index in [0.29, 0.717) is 16.9 Å². The van der Waals surface area contributed by atoms with E-state index in [9.17, 15) is 9.18 Å². The highest BCUT2D eigenvalue weighted by molar-refractivity contribution is 5.91. The van der Waals surface area contributed by atoms with Crippen molar-refractivity contribution in [1.82, 2.24) is 10.1 Å². The lowest BCUT2D eigenvalue weighted by atomic mass is 10.0. The van der Waals surface area contributed by atoms with Gasteiger partial charge in [-0.3, -0.25) is 4.79 Å². The van der Waals surface area contributed by atoms with E-state index in [4.69, 9.17) is 10.3 Å². The third-order valence-corrected chi connectivity index (χ3v) is 4.87. The monoisotopic (exact) mass is 366 g/mol. The summed E-state index contributed by atoms with van der Waals surface area (Å²) < 4.78 is 19.2. The van der Waals surface area contributed by atoms with Crippen LogP contribution in [-0.4, -0.2) is 16.0 Å². The maximum absolute atomic E-state index is 13.9. The molecule has 27 heavy (non-hydrogen) atoms. The number of halogens is 1. The quantitative estimate of drug-likeness (QED) is 0.672. The van der Waals surface area contributed by atoms with Crippen LogP contribution in [0.1, 0.15) is 31.1 Å². The van der Waals surface area contributed by atoms with E-state index in [2.05, 4.69) is 22.4 Å². The molecule has 0 aliphatic heterocycles. The number of nitrogens with zero attached hydrogens (tertiary/aromatic N) is 2. The summed E-state index contributed by atoms with van der Waals surface area (Å²) in [6.45, 7) is 2.11. The molecule has 1 aromatic carbocycles. The Kier molecular flexibility index (Phi) is 4.14. The highest BCUT2D eigenvalue weighted by Gasteiger charge is 2.42. The highest BCUT2D eigenvalue weighted by atomic mass is 19.1. The van der Waals surface area contributed by atoms with E-state index in [1.807, 2.05) is 0 Å². The normalized spacial score (nSPS) is 14.7. The van der Waals surface area contributed by atoms with Crippen molar-refractivity contribution in [2.75, 3.05) is 11.1 Å². The first-order valence-corrected chi connectivity index (χ1v) is 8.71. The van der Waals surface area contributed by atoms with Gasteiger partial charge in [-0.1, -0.05) is 36.3 Å². The summed E-state index contributed by atoms with van der Waals surface area (Å²) in [4.78, 5) is 15.8. The highest BCUT2D eigenvalue weighted by Crippen LogP contribution is 2.48. The van der Waals surface area contributed by atoms with Crippen molar-refractivity contribution in [2.24, 2.45) is 0 Å². The van der Waals surface area contributed by atoms with Gasteiger partial charge in [-0.15, -0.1) is 0 Å². The second-order valence-corrected chi connectivity index (χ2v) is 7.13. The van der Waals surface area contributed by atoms with Crippen molar-refractivity contribution in [2.45, 2.75) is 31.6 Å². The van der Waals surface area contributed by atoms with Gasteiger partial charge in [0, 0.05) is 17.0 Å². The topological polar surface area (TPSA) is 94.0 Å². The molecule has 1 aliphatic carbocycles. The Labute approximate surface area is 155 Å². The summed E-state index contributed by atoms with van der Waals surface area (Å²) in [6, 6.07) is 12.0. The van der Waals surface area contributed by atoms with Crippen LogP contribution in [0.2, 0.25) is 0 Å². The molecule has 0 saturated heterocycles. The van der Waals surface area contributed by atoms with E-state index >= 15 is 0 Å². The third kappa shape index (κ3) is 3.67. The van der Waals surface area contributed by atoms with Crippen molar-refractivity contribution < 1.29 is 13.7 Å². The third-order valence-electron chi connectivity index (χ3n) is 4.87. The number of aromatic nitrogens is 2. The van der Waals surface area contributed by atoms with Crippen LogP contribution < -0.4 is 11.1 Å². The summed E-state index contributed by atoms with van der Waals surface area (Å²) in [5, 5.41) is 6.65. The number of carbonyl (C=O) groups excluding carboxylic acids is 1. The first kappa shape index (κ1) is 17.2. The Morgan fingerprint density at radius 3 is 2.67 bits per heavy atom. The van der Waals surface area contributed by atoms with Crippen molar-refractivity contribution in [1.29, 1.82) is 0 Å².